The molecule has 0 atom stereocenters. The van der Waals surface area contributed by atoms with Crippen molar-refractivity contribution in [2.75, 3.05) is 67.5 Å². The molecule has 0 amide bonds. The summed E-state index contributed by atoms with van der Waals surface area (Å²) in [6.07, 6.45) is 5.62. The summed E-state index contributed by atoms with van der Waals surface area (Å²) in [5.74, 6) is 0.273. The molecule has 0 unspecified atom stereocenters. The van der Waals surface area contributed by atoms with Crippen LogP contribution in [0.4, 0.5) is 17.2 Å². The van der Waals surface area contributed by atoms with Gasteiger partial charge >= 0.3 is 0 Å². The van der Waals surface area contributed by atoms with E-state index in [1.54, 1.807) is 6.33 Å². The average molecular weight is 602 g/mol. The Morgan fingerprint density at radius 1 is 1.05 bits per heavy atom. The summed E-state index contributed by atoms with van der Waals surface area (Å²) in [5, 5.41) is 19.1. The van der Waals surface area contributed by atoms with Crippen LogP contribution in [0.3, 0.4) is 0 Å². The van der Waals surface area contributed by atoms with Crippen molar-refractivity contribution in [2.45, 2.75) is 39.5 Å². The molecule has 39 heavy (non-hydrogen) atoms. The zero-order valence-electron chi connectivity index (χ0n) is 22.6. The number of ketones is 1. The number of anilines is 3. The van der Waals surface area contributed by atoms with Crippen molar-refractivity contribution in [1.29, 1.82) is 0 Å². The molecule has 11 nitrogen and oxygen atoms in total. The van der Waals surface area contributed by atoms with E-state index in [9.17, 15) is 4.79 Å². The molecule has 12 heteroatoms. The number of nitrogens with zero attached hydrogens (tertiary/aromatic N) is 6. The number of carboxylic acids is 1. The lowest BCUT2D eigenvalue weighted by Gasteiger charge is -2.37. The van der Waals surface area contributed by atoms with E-state index >= 15 is 0 Å². The second-order valence-corrected chi connectivity index (χ2v) is 10.6. The molecule has 0 aliphatic carbocycles. The minimum absolute atomic E-state index is 0.212. The van der Waals surface area contributed by atoms with Gasteiger partial charge in [-0.05, 0) is 66.5 Å². The molecule has 3 aromatic rings. The van der Waals surface area contributed by atoms with Gasteiger partial charge in [-0.1, -0.05) is 6.92 Å². The third-order valence-corrected chi connectivity index (χ3v) is 7.48. The smallest absolute Gasteiger partial charge is 0.300 e. The molecular formula is C27H37BrN8O3. The first-order chi connectivity index (χ1) is 18.9. The highest BCUT2D eigenvalue weighted by atomic mass is 79.9. The Morgan fingerprint density at radius 2 is 1.74 bits per heavy atom. The number of carbonyl (C=O) groups excluding carboxylic acids is 1. The lowest BCUT2D eigenvalue weighted by atomic mass is 10.0. The summed E-state index contributed by atoms with van der Waals surface area (Å²) >= 11 is 3.52. The fourth-order valence-electron chi connectivity index (χ4n) is 5.02. The summed E-state index contributed by atoms with van der Waals surface area (Å²) in [6, 6.07) is 6.28. The largest absolute Gasteiger partial charge is 0.481 e. The Balaban J connectivity index is 0.000000826. The number of likely N-dealkylation sites (tertiary alicyclic amines) is 1. The molecule has 210 valence electrons. The summed E-state index contributed by atoms with van der Waals surface area (Å²) in [5.41, 5.74) is 3.67. The van der Waals surface area contributed by atoms with Gasteiger partial charge in [-0.3, -0.25) is 14.7 Å². The highest BCUT2D eigenvalue weighted by Crippen LogP contribution is 2.30. The molecule has 2 aromatic heterocycles. The molecule has 0 radical (unpaired) electrons. The number of aliphatic carboxylic acids is 1. The molecule has 2 aliphatic rings. The number of rotatable bonds is 9. The first-order valence-electron chi connectivity index (χ1n) is 13.5. The summed E-state index contributed by atoms with van der Waals surface area (Å²) in [4.78, 5) is 37.8. The average Bonchev–Trinajstić information content (AvgIpc) is 3.58. The molecule has 2 saturated heterocycles. The first-order valence-corrected chi connectivity index (χ1v) is 14.3. The summed E-state index contributed by atoms with van der Waals surface area (Å²) in [7, 11) is 0. The highest BCUT2D eigenvalue weighted by Gasteiger charge is 2.23. The van der Waals surface area contributed by atoms with Crippen molar-refractivity contribution >= 4 is 55.9 Å². The van der Waals surface area contributed by atoms with Crippen molar-refractivity contribution in [3.8, 4) is 0 Å². The molecular weight excluding hydrogens is 564 g/mol. The summed E-state index contributed by atoms with van der Waals surface area (Å²) in [6.45, 7) is 10.8. The quantitative estimate of drug-likeness (QED) is 0.309. The lowest BCUT2D eigenvalue weighted by molar-refractivity contribution is -0.134. The van der Waals surface area contributed by atoms with Crippen molar-refractivity contribution in [3.05, 3.63) is 34.7 Å². The number of Topliss-reactive ketones (excluding diaryl/α,β-unsaturated/α-hetero) is 1. The Bertz CT molecular complexity index is 1270. The third-order valence-electron chi connectivity index (χ3n) is 6.91. The molecule has 1 aromatic carbocycles. The van der Waals surface area contributed by atoms with Crippen LogP contribution in [0.2, 0.25) is 0 Å². The number of carbonyl (C=O) groups is 2. The fourth-order valence-corrected chi connectivity index (χ4v) is 5.47. The topological polar surface area (TPSA) is 131 Å². The van der Waals surface area contributed by atoms with Gasteiger partial charge in [-0.2, -0.15) is 5.10 Å². The maximum absolute atomic E-state index is 12.8. The number of nitrogens with one attached hydrogen (secondary N) is 2. The van der Waals surface area contributed by atoms with Crippen LogP contribution in [0, 0.1) is 0 Å². The number of benzene rings is 1. The van der Waals surface area contributed by atoms with Crippen LogP contribution in [0.25, 0.3) is 11.0 Å². The van der Waals surface area contributed by atoms with Crippen LogP contribution < -0.4 is 15.1 Å². The molecule has 2 aliphatic heterocycles. The number of piperazine rings is 1. The predicted molar refractivity (Wildman–Crippen MR) is 157 cm³/mol. The summed E-state index contributed by atoms with van der Waals surface area (Å²) < 4.78 is 0.734. The van der Waals surface area contributed by atoms with Crippen LogP contribution in [-0.2, 0) is 4.79 Å². The van der Waals surface area contributed by atoms with Gasteiger partial charge < -0.3 is 25.1 Å². The van der Waals surface area contributed by atoms with Crippen LogP contribution in [0.15, 0.2) is 29.1 Å². The van der Waals surface area contributed by atoms with Crippen molar-refractivity contribution in [2.24, 2.45) is 0 Å². The highest BCUT2D eigenvalue weighted by molar-refractivity contribution is 9.10. The van der Waals surface area contributed by atoms with E-state index in [0.717, 1.165) is 91.0 Å². The second kappa shape index (κ2) is 13.7. The van der Waals surface area contributed by atoms with Gasteiger partial charge in [0.2, 0.25) is 0 Å². The van der Waals surface area contributed by atoms with E-state index in [1.807, 2.05) is 6.07 Å². The van der Waals surface area contributed by atoms with Crippen LogP contribution in [0.1, 0.15) is 49.9 Å². The van der Waals surface area contributed by atoms with E-state index in [1.165, 1.54) is 25.9 Å². The SMILES string of the molecule is CC(=O)O.CCCC(=O)c1cc(NCCN2CCCC2)cc(N2CCN(c3ncnc4[nH]nc(Br)c34)CC2)c1. The number of fused-ring (bicyclic) bond motifs is 1. The molecule has 2 fully saturated rings. The molecule has 5 rings (SSSR count). The number of hydrogen-bond acceptors (Lipinski definition) is 9. The zero-order chi connectivity index (χ0) is 27.8. The zero-order valence-corrected chi connectivity index (χ0v) is 24.2. The van der Waals surface area contributed by atoms with Crippen LogP contribution >= 0.6 is 15.9 Å². The fraction of sp³-hybridized carbons (Fsp3) is 0.519. The minimum atomic E-state index is -0.833. The van der Waals surface area contributed by atoms with Crippen LogP contribution in [-0.4, -0.2) is 94.3 Å². The second-order valence-electron chi connectivity index (χ2n) is 9.85. The number of carboxylic acid groups (broad SMARTS) is 1. The molecule has 4 heterocycles. The van der Waals surface area contributed by atoms with Crippen molar-refractivity contribution in [1.82, 2.24) is 25.1 Å². The molecule has 3 N–H and O–H groups in total. The molecule has 0 spiro atoms. The van der Waals surface area contributed by atoms with Gasteiger partial charge in [-0.15, -0.1) is 0 Å². The van der Waals surface area contributed by atoms with E-state index in [4.69, 9.17) is 9.90 Å². The van der Waals surface area contributed by atoms with E-state index in [2.05, 4.69) is 75.2 Å². The van der Waals surface area contributed by atoms with Gasteiger partial charge in [0.15, 0.2) is 11.4 Å². The standard InChI is InChI=1S/C25H33BrN8O.C2H4O2/c1-2-5-21(35)18-14-19(27-6-9-32-7-3-4-8-32)16-20(15-18)33-10-12-34(13-11-33)25-22-23(26)30-31-24(22)28-17-29-25;1-2(3)4/h14-17,27H,2-13H2,1H3,(H,28,29,30,31);1H3,(H,3,4). The maximum Gasteiger partial charge on any atom is 0.300 e. The number of aromatic nitrogens is 4. The van der Waals surface area contributed by atoms with Gasteiger partial charge in [-0.25, -0.2) is 9.97 Å². The minimum Gasteiger partial charge on any atom is -0.481 e. The molecule has 0 saturated carbocycles. The number of hydrogen-bond donors (Lipinski definition) is 3. The Labute approximate surface area is 237 Å². The lowest BCUT2D eigenvalue weighted by Crippen LogP contribution is -2.47. The van der Waals surface area contributed by atoms with Gasteiger partial charge in [0, 0.05) is 69.6 Å². The number of halogens is 1. The van der Waals surface area contributed by atoms with E-state index < -0.39 is 5.97 Å². The Hall–Kier alpha value is -3.25. The number of aromatic amines is 1. The predicted octanol–water partition coefficient (Wildman–Crippen LogP) is 4.02. The van der Waals surface area contributed by atoms with E-state index in [-0.39, 0.29) is 5.78 Å². The van der Waals surface area contributed by atoms with Crippen molar-refractivity contribution in [3.63, 3.8) is 0 Å². The normalized spacial score (nSPS) is 15.8. The third kappa shape index (κ3) is 7.66. The van der Waals surface area contributed by atoms with Gasteiger partial charge in [0.25, 0.3) is 5.97 Å². The van der Waals surface area contributed by atoms with Gasteiger partial charge in [0.1, 0.15) is 16.7 Å². The van der Waals surface area contributed by atoms with E-state index in [0.29, 0.717) is 6.42 Å². The number of H-pyrrole nitrogens is 1. The Morgan fingerprint density at radius 3 is 2.44 bits per heavy atom. The monoisotopic (exact) mass is 600 g/mol. The first kappa shape index (κ1) is 28.8. The van der Waals surface area contributed by atoms with Crippen LogP contribution in [0.5, 0.6) is 0 Å². The molecule has 0 bridgehead atoms. The maximum atomic E-state index is 12.8. The van der Waals surface area contributed by atoms with Crippen molar-refractivity contribution < 1.29 is 14.7 Å². The van der Waals surface area contributed by atoms with Gasteiger partial charge in [0.05, 0.1) is 5.39 Å². The Kier molecular flexibility index (Phi) is 10.1.